The van der Waals surface area contributed by atoms with E-state index in [9.17, 15) is 9.59 Å². The summed E-state index contributed by atoms with van der Waals surface area (Å²) in [5.41, 5.74) is 0.121. The zero-order valence-electron chi connectivity index (χ0n) is 17.0. The van der Waals surface area contributed by atoms with E-state index >= 15 is 0 Å². The van der Waals surface area contributed by atoms with Gasteiger partial charge in [-0.25, -0.2) is 0 Å². The highest BCUT2D eigenvalue weighted by molar-refractivity contribution is 7.14. The van der Waals surface area contributed by atoms with Gasteiger partial charge in [0.2, 0.25) is 0 Å². The van der Waals surface area contributed by atoms with Gasteiger partial charge in [0, 0.05) is 11.4 Å². The maximum absolute atomic E-state index is 12.4. The minimum Gasteiger partial charge on any atom is -0.482 e. The molecular weight excluding hydrogens is 402 g/mol. The average molecular weight is 428 g/mol. The van der Waals surface area contributed by atoms with E-state index in [2.05, 4.69) is 14.9 Å². The van der Waals surface area contributed by atoms with Crippen molar-refractivity contribution < 1.29 is 9.47 Å². The first-order valence-corrected chi connectivity index (χ1v) is 10.4. The van der Waals surface area contributed by atoms with E-state index in [1.54, 1.807) is 12.2 Å². The summed E-state index contributed by atoms with van der Waals surface area (Å²) >= 11 is 1.39. The highest BCUT2D eigenvalue weighted by atomic mass is 32.1. The molecule has 158 valence electrons. The Labute approximate surface area is 177 Å². The van der Waals surface area contributed by atoms with E-state index in [4.69, 9.17) is 9.47 Å². The van der Waals surface area contributed by atoms with Gasteiger partial charge in [0.25, 0.3) is 11.1 Å². The Morgan fingerprint density at radius 1 is 0.900 bits per heavy atom. The van der Waals surface area contributed by atoms with Crippen LogP contribution in [0.3, 0.4) is 0 Å². The van der Waals surface area contributed by atoms with Crippen molar-refractivity contribution in [3.63, 3.8) is 0 Å². The smallest absolute Gasteiger partial charge is 0.272 e. The second-order valence-corrected chi connectivity index (χ2v) is 7.93. The highest BCUT2D eigenvalue weighted by Gasteiger charge is 2.02. The van der Waals surface area contributed by atoms with Gasteiger partial charge in [-0.2, -0.15) is 0 Å². The molecule has 0 aliphatic carbocycles. The highest BCUT2D eigenvalue weighted by Crippen LogP contribution is 2.24. The van der Waals surface area contributed by atoms with Crippen LogP contribution in [0.1, 0.15) is 10.4 Å². The molecule has 0 spiro atoms. The van der Waals surface area contributed by atoms with Crippen LogP contribution in [0.15, 0.2) is 52.1 Å². The molecule has 0 radical (unpaired) electrons. The van der Waals surface area contributed by atoms with E-state index < -0.39 is 0 Å². The van der Waals surface area contributed by atoms with Crippen LogP contribution < -0.4 is 26.6 Å². The van der Waals surface area contributed by atoms with Gasteiger partial charge in [-0.15, -0.1) is 0 Å². The molecule has 0 aliphatic rings. The molecule has 2 aromatic heterocycles. The topological polar surface area (TPSA) is 87.4 Å². The van der Waals surface area contributed by atoms with Crippen molar-refractivity contribution in [1.29, 1.82) is 0 Å². The van der Waals surface area contributed by atoms with Crippen LogP contribution in [0.25, 0.3) is 12.2 Å². The first kappa shape index (κ1) is 21.8. The summed E-state index contributed by atoms with van der Waals surface area (Å²) in [6, 6.07) is 13.0. The average Bonchev–Trinajstić information content (AvgIpc) is 3.16. The molecule has 1 aromatic carbocycles. The maximum Gasteiger partial charge on any atom is 0.272 e. The van der Waals surface area contributed by atoms with Crippen LogP contribution in [-0.2, 0) is 4.74 Å². The Morgan fingerprint density at radius 2 is 1.60 bits per heavy atom. The Morgan fingerprint density at radius 3 is 2.30 bits per heavy atom. The number of likely N-dealkylation sites (N-methyl/N-ethyl adjacent to an activating group) is 1. The molecule has 2 heterocycles. The van der Waals surface area contributed by atoms with Crippen LogP contribution >= 0.6 is 11.3 Å². The molecule has 0 bridgehead atoms. The van der Waals surface area contributed by atoms with Crippen molar-refractivity contribution in [2.45, 2.75) is 0 Å². The van der Waals surface area contributed by atoms with Crippen molar-refractivity contribution in [2.24, 2.45) is 0 Å². The largest absolute Gasteiger partial charge is 0.482 e. The lowest BCUT2D eigenvalue weighted by Gasteiger charge is -2.09. The molecule has 0 saturated heterocycles. The second kappa shape index (κ2) is 10.7. The number of aromatic amines is 2. The number of rotatable bonds is 9. The first-order valence-electron chi connectivity index (χ1n) is 9.57. The molecule has 0 aliphatic heterocycles. The van der Waals surface area contributed by atoms with Gasteiger partial charge in [-0.3, -0.25) is 9.59 Å². The van der Waals surface area contributed by atoms with Crippen LogP contribution in [0.2, 0.25) is 0 Å². The summed E-state index contributed by atoms with van der Waals surface area (Å²) < 4.78 is 11.2. The predicted molar refractivity (Wildman–Crippen MR) is 120 cm³/mol. The van der Waals surface area contributed by atoms with Crippen molar-refractivity contribution >= 4 is 23.5 Å². The van der Waals surface area contributed by atoms with Crippen LogP contribution in [0.4, 0.5) is 0 Å². The molecule has 30 heavy (non-hydrogen) atoms. The molecule has 0 fully saturated rings. The molecule has 0 amide bonds. The summed E-state index contributed by atoms with van der Waals surface area (Å²) in [4.78, 5) is 32.9. The van der Waals surface area contributed by atoms with Gasteiger partial charge in [0.15, 0.2) is 5.06 Å². The molecule has 7 nitrogen and oxygen atoms in total. The van der Waals surface area contributed by atoms with Crippen molar-refractivity contribution in [3.8, 4) is 5.06 Å². The van der Waals surface area contributed by atoms with Gasteiger partial charge < -0.3 is 24.3 Å². The molecule has 0 unspecified atom stereocenters. The molecule has 0 atom stereocenters. The lowest BCUT2D eigenvalue weighted by Crippen LogP contribution is -2.46. The number of benzene rings is 1. The third kappa shape index (κ3) is 6.55. The number of aromatic nitrogens is 2. The van der Waals surface area contributed by atoms with Gasteiger partial charge in [-0.05, 0) is 43.9 Å². The quantitative estimate of drug-likeness (QED) is 0.492. The molecule has 3 aromatic rings. The zero-order chi connectivity index (χ0) is 21.3. The van der Waals surface area contributed by atoms with E-state index in [0.717, 1.165) is 22.0 Å². The zero-order valence-corrected chi connectivity index (χ0v) is 17.8. The Kier molecular flexibility index (Phi) is 7.78. The van der Waals surface area contributed by atoms with Gasteiger partial charge >= 0.3 is 0 Å². The maximum atomic E-state index is 12.4. The van der Waals surface area contributed by atoms with Crippen LogP contribution in [0, 0.1) is 0 Å². The van der Waals surface area contributed by atoms with Gasteiger partial charge in [0.05, 0.1) is 13.2 Å². The summed E-state index contributed by atoms with van der Waals surface area (Å²) in [5, 5.41) is 1.14. The van der Waals surface area contributed by atoms with E-state index in [-0.39, 0.29) is 21.8 Å². The SMILES string of the molecule is CN(C)CCOCCOc1ccc(C=c2[nH]c(=O)c(=Cc3ccccc3)[nH]c2=O)s1. The molecule has 8 heteroatoms. The minimum atomic E-state index is -0.359. The van der Waals surface area contributed by atoms with Crippen molar-refractivity contribution in [1.82, 2.24) is 14.9 Å². The van der Waals surface area contributed by atoms with Gasteiger partial charge in [-0.1, -0.05) is 41.7 Å². The Hall–Kier alpha value is -2.94. The number of hydrogen-bond acceptors (Lipinski definition) is 6. The molecule has 2 N–H and O–H groups in total. The number of ether oxygens (including phenoxy) is 2. The van der Waals surface area contributed by atoms with Crippen LogP contribution in [0.5, 0.6) is 5.06 Å². The summed E-state index contributed by atoms with van der Waals surface area (Å²) in [6.07, 6.45) is 3.28. The summed E-state index contributed by atoms with van der Waals surface area (Å²) in [5.74, 6) is 0. The monoisotopic (exact) mass is 427 g/mol. The number of thiophene rings is 1. The first-order chi connectivity index (χ1) is 14.5. The number of nitrogens with zero attached hydrogens (tertiary/aromatic N) is 1. The van der Waals surface area contributed by atoms with E-state index in [0.29, 0.717) is 19.8 Å². The minimum absolute atomic E-state index is 0.200. The fourth-order valence-corrected chi connectivity index (χ4v) is 3.42. The third-order valence-corrected chi connectivity index (χ3v) is 5.08. The van der Waals surface area contributed by atoms with Crippen molar-refractivity contribution in [3.05, 3.63) is 84.3 Å². The molecule has 3 rings (SSSR count). The Bertz CT molecular complexity index is 1180. The number of hydrogen-bond donors (Lipinski definition) is 2. The molecular formula is C22H25N3O4S. The lowest BCUT2D eigenvalue weighted by atomic mass is 10.2. The lowest BCUT2D eigenvalue weighted by molar-refractivity contribution is 0.0900. The molecule has 0 saturated carbocycles. The standard InChI is InChI=1S/C22H25N3O4S/c1-25(2)10-11-28-12-13-29-20-9-8-17(30-20)15-19-22(27)23-18(21(26)24-19)14-16-6-4-3-5-7-16/h3-9,14-15H,10-13H2,1-2H3,(H,23,27)(H,24,26). The number of nitrogens with one attached hydrogen (secondary N) is 2. The predicted octanol–water partition coefficient (Wildman–Crippen LogP) is 0.739. The number of H-pyrrole nitrogens is 2. The van der Waals surface area contributed by atoms with Gasteiger partial charge in [0.1, 0.15) is 17.3 Å². The van der Waals surface area contributed by atoms with E-state index in [1.165, 1.54) is 11.3 Å². The summed E-state index contributed by atoms with van der Waals surface area (Å²) in [7, 11) is 3.99. The second-order valence-electron chi connectivity index (χ2n) is 6.86. The van der Waals surface area contributed by atoms with E-state index in [1.807, 2.05) is 56.6 Å². The Balaban J connectivity index is 1.68. The summed E-state index contributed by atoms with van der Waals surface area (Å²) in [6.45, 7) is 2.49. The van der Waals surface area contributed by atoms with Crippen molar-refractivity contribution in [2.75, 3.05) is 40.5 Å². The fraction of sp³-hybridized carbons (Fsp3) is 0.273. The van der Waals surface area contributed by atoms with Crippen LogP contribution in [-0.4, -0.2) is 55.3 Å². The fourth-order valence-electron chi connectivity index (χ4n) is 2.59. The third-order valence-electron chi connectivity index (χ3n) is 4.14. The normalized spacial score (nSPS) is 12.6.